The maximum Gasteiger partial charge on any atom is 0.416 e. The van der Waals surface area contributed by atoms with Crippen molar-refractivity contribution in [1.29, 1.82) is 0 Å². The molecule has 0 saturated carbocycles. The van der Waals surface area contributed by atoms with Crippen LogP contribution in [-0.4, -0.2) is 29.3 Å². The molecule has 2 amide bonds. The minimum atomic E-state index is -4.51. The Labute approximate surface area is 191 Å². The number of alkyl halides is 3. The van der Waals surface area contributed by atoms with Gasteiger partial charge in [-0.05, 0) is 48.9 Å². The summed E-state index contributed by atoms with van der Waals surface area (Å²) in [6, 6.07) is 9.20. The van der Waals surface area contributed by atoms with Gasteiger partial charge in [-0.3, -0.25) is 9.59 Å². The first-order valence-corrected chi connectivity index (χ1v) is 10.5. The Morgan fingerprint density at radius 2 is 1.97 bits per heavy atom. The minimum Gasteiger partial charge on any atom is -0.490 e. The third kappa shape index (κ3) is 6.24. The van der Waals surface area contributed by atoms with Crippen LogP contribution in [0.25, 0.3) is 6.08 Å². The second-order valence-electron chi connectivity index (χ2n) is 6.41. The topological polar surface area (TPSA) is 76.7 Å². The van der Waals surface area contributed by atoms with Crippen molar-refractivity contribution in [2.24, 2.45) is 0 Å². The maximum atomic E-state index is 12.8. The average molecular weight is 483 g/mol. The minimum absolute atomic E-state index is 0.00526. The summed E-state index contributed by atoms with van der Waals surface area (Å²) in [6.07, 6.45) is -2.87. The van der Waals surface area contributed by atoms with Crippen LogP contribution in [0.15, 0.2) is 47.4 Å². The first kappa shape index (κ1) is 23.6. The van der Waals surface area contributed by atoms with Crippen LogP contribution >= 0.6 is 24.0 Å². The molecule has 1 aliphatic heterocycles. The molecule has 0 radical (unpaired) electrons. The van der Waals surface area contributed by atoms with Crippen LogP contribution in [0.3, 0.4) is 0 Å². The molecule has 168 valence electrons. The zero-order valence-electron chi connectivity index (χ0n) is 16.6. The van der Waals surface area contributed by atoms with E-state index in [0.717, 1.165) is 23.9 Å². The second-order valence-corrected chi connectivity index (χ2v) is 8.13. The highest BCUT2D eigenvalue weighted by molar-refractivity contribution is 8.26. The molecule has 1 fully saturated rings. The number of hydrogen-bond donors (Lipinski definition) is 2. The van der Waals surface area contributed by atoms with Gasteiger partial charge in [-0.25, -0.2) is 0 Å². The first-order chi connectivity index (χ1) is 15.2. The van der Waals surface area contributed by atoms with E-state index < -0.39 is 24.3 Å². The number of amides is 2. The smallest absolute Gasteiger partial charge is 0.416 e. The van der Waals surface area contributed by atoms with Gasteiger partial charge in [0.15, 0.2) is 18.1 Å². The van der Waals surface area contributed by atoms with Gasteiger partial charge in [0, 0.05) is 5.69 Å². The molecule has 3 rings (SSSR count). The summed E-state index contributed by atoms with van der Waals surface area (Å²) < 4.78 is 49.8. The van der Waals surface area contributed by atoms with Crippen molar-refractivity contribution in [3.63, 3.8) is 0 Å². The standard InChI is InChI=1S/C21H17F3N2O4S2/c1-2-29-16-8-12(9-17-19(28)26-20(31)32-17)6-7-15(16)30-11-18(27)25-14-5-3-4-13(10-14)21(22,23)24/h3-10H,2,11H2,1H3,(H,25,27)(H,26,28,31)/b17-9+. The monoisotopic (exact) mass is 482 g/mol. The third-order valence-corrected chi connectivity index (χ3v) is 5.20. The number of nitrogens with one attached hydrogen (secondary N) is 2. The van der Waals surface area contributed by atoms with Crippen molar-refractivity contribution >= 4 is 51.9 Å². The van der Waals surface area contributed by atoms with E-state index in [0.29, 0.717) is 27.1 Å². The van der Waals surface area contributed by atoms with Crippen LogP contribution in [0.5, 0.6) is 11.5 Å². The zero-order chi connectivity index (χ0) is 23.3. The van der Waals surface area contributed by atoms with Gasteiger partial charge in [-0.1, -0.05) is 36.1 Å². The zero-order valence-corrected chi connectivity index (χ0v) is 18.2. The van der Waals surface area contributed by atoms with E-state index in [2.05, 4.69) is 10.6 Å². The van der Waals surface area contributed by atoms with Gasteiger partial charge < -0.3 is 20.1 Å². The van der Waals surface area contributed by atoms with Crippen LogP contribution in [-0.2, 0) is 15.8 Å². The van der Waals surface area contributed by atoms with Gasteiger partial charge in [-0.2, -0.15) is 13.2 Å². The molecule has 11 heteroatoms. The lowest BCUT2D eigenvalue weighted by atomic mass is 10.2. The van der Waals surface area contributed by atoms with Gasteiger partial charge in [-0.15, -0.1) is 0 Å². The maximum absolute atomic E-state index is 12.8. The Kier molecular flexibility index (Phi) is 7.41. The van der Waals surface area contributed by atoms with Crippen LogP contribution < -0.4 is 20.1 Å². The molecule has 1 saturated heterocycles. The molecule has 0 atom stereocenters. The molecule has 0 spiro atoms. The highest BCUT2D eigenvalue weighted by Crippen LogP contribution is 2.32. The lowest BCUT2D eigenvalue weighted by Crippen LogP contribution is -2.20. The number of anilines is 1. The molecular formula is C21H17F3N2O4S2. The SMILES string of the molecule is CCOc1cc(/C=C2/SC(=S)NC2=O)ccc1OCC(=O)Nc1cccc(C(F)(F)F)c1. The molecule has 1 aliphatic rings. The molecule has 2 N–H and O–H groups in total. The quantitative estimate of drug-likeness (QED) is 0.444. The van der Waals surface area contributed by atoms with Crippen LogP contribution in [0.1, 0.15) is 18.1 Å². The fourth-order valence-corrected chi connectivity index (χ4v) is 3.73. The molecule has 6 nitrogen and oxygen atoms in total. The molecule has 2 aromatic rings. The van der Waals surface area contributed by atoms with Crippen molar-refractivity contribution < 1.29 is 32.2 Å². The Morgan fingerprint density at radius 3 is 2.62 bits per heavy atom. The Morgan fingerprint density at radius 1 is 1.19 bits per heavy atom. The Bertz CT molecular complexity index is 1090. The van der Waals surface area contributed by atoms with Crippen LogP contribution in [0, 0.1) is 0 Å². The van der Waals surface area contributed by atoms with Crippen molar-refractivity contribution in [3.8, 4) is 11.5 Å². The number of ether oxygens (including phenoxy) is 2. The van der Waals surface area contributed by atoms with E-state index in [1.807, 2.05) is 0 Å². The van der Waals surface area contributed by atoms with Crippen molar-refractivity contribution in [3.05, 3.63) is 58.5 Å². The Hall–Kier alpha value is -3.05. The predicted molar refractivity (Wildman–Crippen MR) is 119 cm³/mol. The Balaban J connectivity index is 1.68. The summed E-state index contributed by atoms with van der Waals surface area (Å²) in [5.41, 5.74) is -0.198. The lowest BCUT2D eigenvalue weighted by Gasteiger charge is -2.13. The summed E-state index contributed by atoms with van der Waals surface area (Å²) in [5, 5.41) is 4.90. The number of benzene rings is 2. The summed E-state index contributed by atoms with van der Waals surface area (Å²) in [7, 11) is 0. The highest BCUT2D eigenvalue weighted by Gasteiger charge is 2.30. The van der Waals surface area contributed by atoms with E-state index in [1.54, 1.807) is 31.2 Å². The third-order valence-electron chi connectivity index (χ3n) is 4.04. The predicted octanol–water partition coefficient (Wildman–Crippen LogP) is 4.61. The largest absolute Gasteiger partial charge is 0.490 e. The number of halogens is 3. The van der Waals surface area contributed by atoms with Crippen LogP contribution in [0.2, 0.25) is 0 Å². The average Bonchev–Trinajstić information content (AvgIpc) is 3.04. The molecule has 0 unspecified atom stereocenters. The van der Waals surface area contributed by atoms with Gasteiger partial charge in [0.25, 0.3) is 11.8 Å². The fourth-order valence-electron chi connectivity index (χ4n) is 2.69. The van der Waals surface area contributed by atoms with Crippen molar-refractivity contribution in [2.45, 2.75) is 13.1 Å². The number of hydrogen-bond acceptors (Lipinski definition) is 6. The van der Waals surface area contributed by atoms with E-state index in [9.17, 15) is 22.8 Å². The molecule has 32 heavy (non-hydrogen) atoms. The van der Waals surface area contributed by atoms with E-state index in [-0.39, 0.29) is 17.3 Å². The molecule has 0 aliphatic carbocycles. The van der Waals surface area contributed by atoms with Gasteiger partial charge in [0.2, 0.25) is 0 Å². The summed E-state index contributed by atoms with van der Waals surface area (Å²) >= 11 is 6.11. The van der Waals surface area contributed by atoms with Gasteiger partial charge in [0.05, 0.1) is 17.1 Å². The first-order valence-electron chi connectivity index (χ1n) is 9.27. The second kappa shape index (κ2) is 10.0. The molecule has 0 bridgehead atoms. The summed E-state index contributed by atoms with van der Waals surface area (Å²) in [4.78, 5) is 24.4. The van der Waals surface area contributed by atoms with E-state index in [4.69, 9.17) is 21.7 Å². The molecule has 1 heterocycles. The van der Waals surface area contributed by atoms with Gasteiger partial charge >= 0.3 is 6.18 Å². The number of rotatable bonds is 7. The molecular weight excluding hydrogens is 465 g/mol. The molecule has 0 aromatic heterocycles. The molecule has 2 aromatic carbocycles. The summed E-state index contributed by atoms with van der Waals surface area (Å²) in [5.74, 6) is -0.304. The number of thiocarbonyl (C=S) groups is 1. The van der Waals surface area contributed by atoms with Crippen molar-refractivity contribution in [2.75, 3.05) is 18.5 Å². The summed E-state index contributed by atoms with van der Waals surface area (Å²) in [6.45, 7) is 1.66. The number of carbonyl (C=O) groups is 2. The lowest BCUT2D eigenvalue weighted by molar-refractivity contribution is -0.137. The van der Waals surface area contributed by atoms with E-state index >= 15 is 0 Å². The normalized spacial score (nSPS) is 14.9. The van der Waals surface area contributed by atoms with E-state index in [1.165, 1.54) is 12.1 Å². The van der Waals surface area contributed by atoms with Crippen LogP contribution in [0.4, 0.5) is 18.9 Å². The fraction of sp³-hybridized carbons (Fsp3) is 0.190. The number of carbonyl (C=O) groups excluding carboxylic acids is 2. The highest BCUT2D eigenvalue weighted by atomic mass is 32.2. The number of thioether (sulfide) groups is 1. The van der Waals surface area contributed by atoms with Gasteiger partial charge in [0.1, 0.15) is 4.32 Å². The van der Waals surface area contributed by atoms with Crippen molar-refractivity contribution in [1.82, 2.24) is 5.32 Å².